The van der Waals surface area contributed by atoms with Crippen molar-refractivity contribution >= 4 is 5.82 Å². The van der Waals surface area contributed by atoms with Gasteiger partial charge < -0.3 is 5.32 Å². The first-order valence-electron chi connectivity index (χ1n) is 6.86. The fraction of sp³-hybridized carbons (Fsp3) is 0.375. The van der Waals surface area contributed by atoms with Crippen LogP contribution in [0.5, 0.6) is 0 Å². The molecule has 20 heavy (non-hydrogen) atoms. The maximum atomic E-state index is 9.19. The summed E-state index contributed by atoms with van der Waals surface area (Å²) in [6.07, 6.45) is 2.03. The third kappa shape index (κ3) is 3.18. The van der Waals surface area contributed by atoms with Crippen LogP contribution in [0.2, 0.25) is 0 Å². The fourth-order valence-corrected chi connectivity index (χ4v) is 2.29. The van der Waals surface area contributed by atoms with Crippen molar-refractivity contribution < 1.29 is 0 Å². The van der Waals surface area contributed by atoms with Crippen LogP contribution in [0.15, 0.2) is 30.3 Å². The van der Waals surface area contributed by atoms with E-state index in [1.807, 2.05) is 20.0 Å². The van der Waals surface area contributed by atoms with E-state index in [1.54, 1.807) is 4.68 Å². The molecule has 0 amide bonds. The van der Waals surface area contributed by atoms with Gasteiger partial charge in [-0.15, -0.1) is 0 Å². The maximum absolute atomic E-state index is 9.19. The molecule has 1 aromatic heterocycles. The van der Waals surface area contributed by atoms with Crippen molar-refractivity contribution in [2.45, 2.75) is 32.7 Å². The summed E-state index contributed by atoms with van der Waals surface area (Å²) in [6.45, 7) is 3.99. The number of aryl methyl sites for hydroxylation is 3. The SMILES string of the molecule is Cc1nn(C)c(NC(C)CCc2ccccc2)c1C#N. The number of hydrogen-bond acceptors (Lipinski definition) is 3. The van der Waals surface area contributed by atoms with Crippen molar-refractivity contribution in [2.24, 2.45) is 7.05 Å². The number of aromatic nitrogens is 2. The standard InChI is InChI=1S/C16H20N4/c1-12(9-10-14-7-5-4-6-8-14)18-16-15(11-17)13(2)19-20(16)3/h4-8,12,18H,9-10H2,1-3H3. The first-order valence-corrected chi connectivity index (χ1v) is 6.86. The van der Waals surface area contributed by atoms with E-state index in [-0.39, 0.29) is 6.04 Å². The second-order valence-electron chi connectivity index (χ2n) is 5.11. The topological polar surface area (TPSA) is 53.6 Å². The lowest BCUT2D eigenvalue weighted by Crippen LogP contribution is -2.18. The molecule has 0 radical (unpaired) electrons. The Morgan fingerprint density at radius 2 is 2.05 bits per heavy atom. The molecular weight excluding hydrogens is 248 g/mol. The number of benzene rings is 1. The highest BCUT2D eigenvalue weighted by Gasteiger charge is 2.14. The molecule has 1 aromatic carbocycles. The van der Waals surface area contributed by atoms with E-state index in [0.29, 0.717) is 5.56 Å². The van der Waals surface area contributed by atoms with E-state index in [0.717, 1.165) is 24.4 Å². The predicted octanol–water partition coefficient (Wildman–Crippen LogP) is 3.03. The van der Waals surface area contributed by atoms with Gasteiger partial charge in [-0.1, -0.05) is 30.3 Å². The Hall–Kier alpha value is -2.28. The van der Waals surface area contributed by atoms with Crippen LogP contribution in [-0.4, -0.2) is 15.8 Å². The van der Waals surface area contributed by atoms with Gasteiger partial charge in [-0.2, -0.15) is 10.4 Å². The average Bonchev–Trinajstić information content (AvgIpc) is 2.71. The highest BCUT2D eigenvalue weighted by molar-refractivity contribution is 5.55. The van der Waals surface area contributed by atoms with Crippen LogP contribution >= 0.6 is 0 Å². The summed E-state index contributed by atoms with van der Waals surface area (Å²) in [7, 11) is 1.86. The van der Waals surface area contributed by atoms with Gasteiger partial charge in [-0.05, 0) is 32.3 Å². The molecule has 0 fully saturated rings. The molecule has 104 valence electrons. The molecule has 0 aliphatic rings. The van der Waals surface area contributed by atoms with E-state index in [9.17, 15) is 5.26 Å². The molecule has 0 aliphatic carbocycles. The molecule has 4 heteroatoms. The van der Waals surface area contributed by atoms with Gasteiger partial charge in [0.2, 0.25) is 0 Å². The number of nitriles is 1. The molecule has 1 heterocycles. The lowest BCUT2D eigenvalue weighted by molar-refractivity contribution is 0.681. The van der Waals surface area contributed by atoms with Gasteiger partial charge in [0.05, 0.1) is 5.69 Å². The van der Waals surface area contributed by atoms with Crippen molar-refractivity contribution in [3.05, 3.63) is 47.2 Å². The van der Waals surface area contributed by atoms with Gasteiger partial charge in [-0.3, -0.25) is 4.68 Å². The van der Waals surface area contributed by atoms with E-state index >= 15 is 0 Å². The molecule has 0 saturated carbocycles. The molecule has 1 unspecified atom stereocenters. The highest BCUT2D eigenvalue weighted by Crippen LogP contribution is 2.19. The van der Waals surface area contributed by atoms with Crippen LogP contribution in [0.4, 0.5) is 5.82 Å². The average molecular weight is 268 g/mol. The number of hydrogen-bond donors (Lipinski definition) is 1. The van der Waals surface area contributed by atoms with Crippen LogP contribution in [0.1, 0.15) is 30.2 Å². The Bertz CT molecular complexity index is 607. The molecule has 1 N–H and O–H groups in total. The third-order valence-electron chi connectivity index (χ3n) is 3.43. The largest absolute Gasteiger partial charge is 0.367 e. The van der Waals surface area contributed by atoms with Crippen LogP contribution in [0.3, 0.4) is 0 Å². The Balaban J connectivity index is 1.99. The summed E-state index contributed by atoms with van der Waals surface area (Å²) >= 11 is 0. The van der Waals surface area contributed by atoms with Gasteiger partial charge in [-0.25, -0.2) is 0 Å². The summed E-state index contributed by atoms with van der Waals surface area (Å²) in [5.74, 6) is 0.811. The van der Waals surface area contributed by atoms with Crippen molar-refractivity contribution in [1.82, 2.24) is 9.78 Å². The summed E-state index contributed by atoms with van der Waals surface area (Å²) in [5.41, 5.74) is 2.75. The fourth-order valence-electron chi connectivity index (χ4n) is 2.29. The van der Waals surface area contributed by atoms with Crippen LogP contribution < -0.4 is 5.32 Å². The Labute approximate surface area is 120 Å². The molecule has 2 rings (SSSR count). The molecular formula is C16H20N4. The lowest BCUT2D eigenvalue weighted by atomic mass is 10.1. The van der Waals surface area contributed by atoms with Gasteiger partial charge >= 0.3 is 0 Å². The Morgan fingerprint density at radius 3 is 2.70 bits per heavy atom. The maximum Gasteiger partial charge on any atom is 0.142 e. The van der Waals surface area contributed by atoms with E-state index < -0.39 is 0 Å². The van der Waals surface area contributed by atoms with Crippen LogP contribution in [-0.2, 0) is 13.5 Å². The number of nitrogens with one attached hydrogen (secondary N) is 1. The molecule has 0 spiro atoms. The summed E-state index contributed by atoms with van der Waals surface area (Å²) < 4.78 is 1.74. The molecule has 0 aliphatic heterocycles. The molecule has 4 nitrogen and oxygen atoms in total. The molecule has 1 atom stereocenters. The number of anilines is 1. The molecule has 0 bridgehead atoms. The molecule has 2 aromatic rings. The van der Waals surface area contributed by atoms with Crippen molar-refractivity contribution in [2.75, 3.05) is 5.32 Å². The zero-order valence-electron chi connectivity index (χ0n) is 12.2. The van der Waals surface area contributed by atoms with E-state index in [1.165, 1.54) is 5.56 Å². The van der Waals surface area contributed by atoms with Crippen LogP contribution in [0.25, 0.3) is 0 Å². The first kappa shape index (κ1) is 14.1. The zero-order valence-corrected chi connectivity index (χ0v) is 12.2. The minimum Gasteiger partial charge on any atom is -0.367 e. The second kappa shape index (κ2) is 6.25. The van der Waals surface area contributed by atoms with E-state index in [2.05, 4.69) is 47.7 Å². The Kier molecular flexibility index (Phi) is 4.41. The van der Waals surface area contributed by atoms with Gasteiger partial charge in [0, 0.05) is 13.1 Å². The van der Waals surface area contributed by atoms with E-state index in [4.69, 9.17) is 0 Å². The highest BCUT2D eigenvalue weighted by atomic mass is 15.3. The number of rotatable bonds is 5. The minimum atomic E-state index is 0.289. The van der Waals surface area contributed by atoms with Crippen LogP contribution in [0, 0.1) is 18.3 Å². The Morgan fingerprint density at radius 1 is 1.35 bits per heavy atom. The first-order chi connectivity index (χ1) is 9.61. The summed E-state index contributed by atoms with van der Waals surface area (Å²) in [5, 5.41) is 16.9. The lowest BCUT2D eigenvalue weighted by Gasteiger charge is -2.15. The van der Waals surface area contributed by atoms with Crippen molar-refractivity contribution in [3.63, 3.8) is 0 Å². The normalized spacial score (nSPS) is 11.9. The smallest absolute Gasteiger partial charge is 0.142 e. The van der Waals surface area contributed by atoms with Gasteiger partial charge in [0.15, 0.2) is 0 Å². The summed E-state index contributed by atoms with van der Waals surface area (Å²) in [6, 6.07) is 12.9. The van der Waals surface area contributed by atoms with Crippen molar-refractivity contribution in [1.29, 1.82) is 5.26 Å². The summed E-state index contributed by atoms with van der Waals surface area (Å²) in [4.78, 5) is 0. The third-order valence-corrected chi connectivity index (χ3v) is 3.43. The zero-order chi connectivity index (χ0) is 14.5. The number of nitrogens with zero attached hydrogens (tertiary/aromatic N) is 3. The predicted molar refractivity (Wildman–Crippen MR) is 80.5 cm³/mol. The second-order valence-corrected chi connectivity index (χ2v) is 5.11. The van der Waals surface area contributed by atoms with Crippen molar-refractivity contribution in [3.8, 4) is 6.07 Å². The molecule has 0 saturated heterocycles. The monoisotopic (exact) mass is 268 g/mol. The van der Waals surface area contributed by atoms with Gasteiger partial charge in [0.1, 0.15) is 17.5 Å². The van der Waals surface area contributed by atoms with Gasteiger partial charge in [0.25, 0.3) is 0 Å². The minimum absolute atomic E-state index is 0.289. The quantitative estimate of drug-likeness (QED) is 0.906.